The molecule has 1 aromatic carbocycles. The molecule has 0 bridgehead atoms. The van der Waals surface area contributed by atoms with Crippen molar-refractivity contribution < 1.29 is 0 Å². The van der Waals surface area contributed by atoms with Gasteiger partial charge in [0.05, 0.1) is 29.2 Å². The van der Waals surface area contributed by atoms with Gasteiger partial charge in [0, 0.05) is 25.2 Å². The monoisotopic (exact) mass is 278 g/mol. The minimum Gasteiger partial charge on any atom is -0.348 e. The van der Waals surface area contributed by atoms with Crippen molar-refractivity contribution in [1.29, 1.82) is 5.26 Å². The third kappa shape index (κ3) is 1.89. The maximum absolute atomic E-state index is 9.05. The maximum Gasteiger partial charge on any atom is 0.0991 e. The first-order valence-electron chi connectivity index (χ1n) is 7.59. The Bertz CT molecular complexity index is 706. The fourth-order valence-electron chi connectivity index (χ4n) is 3.78. The molecule has 4 heteroatoms. The van der Waals surface area contributed by atoms with Gasteiger partial charge in [0.15, 0.2) is 0 Å². The Morgan fingerprint density at radius 2 is 2.29 bits per heavy atom. The molecule has 1 N–H and O–H groups in total. The van der Waals surface area contributed by atoms with Crippen molar-refractivity contribution in [3.05, 3.63) is 53.1 Å². The number of hydrogen-bond donors (Lipinski definition) is 1. The minimum atomic E-state index is 0.135. The van der Waals surface area contributed by atoms with Gasteiger partial charge in [0.1, 0.15) is 0 Å². The SMILES string of the molecule is N#Cc1cccc(CN2CCc3[nH]cnc3C23CCC3)c1. The van der Waals surface area contributed by atoms with Crippen LogP contribution in [0.5, 0.6) is 0 Å². The summed E-state index contributed by atoms with van der Waals surface area (Å²) in [6.45, 7) is 1.97. The highest BCUT2D eigenvalue weighted by atomic mass is 15.2. The number of hydrogen-bond acceptors (Lipinski definition) is 3. The minimum absolute atomic E-state index is 0.135. The van der Waals surface area contributed by atoms with E-state index in [-0.39, 0.29) is 5.54 Å². The Kier molecular flexibility index (Phi) is 2.83. The van der Waals surface area contributed by atoms with Gasteiger partial charge in [-0.3, -0.25) is 4.90 Å². The highest BCUT2D eigenvalue weighted by Gasteiger charge is 2.48. The van der Waals surface area contributed by atoms with E-state index in [1.165, 1.54) is 36.2 Å². The summed E-state index contributed by atoms with van der Waals surface area (Å²) >= 11 is 0. The van der Waals surface area contributed by atoms with Gasteiger partial charge in [-0.15, -0.1) is 0 Å². The summed E-state index contributed by atoms with van der Waals surface area (Å²) < 4.78 is 0. The highest BCUT2D eigenvalue weighted by molar-refractivity contribution is 5.34. The van der Waals surface area contributed by atoms with Gasteiger partial charge in [0.2, 0.25) is 0 Å². The molecule has 0 amide bonds. The second-order valence-corrected chi connectivity index (χ2v) is 6.10. The zero-order valence-electron chi connectivity index (χ0n) is 12.0. The average Bonchev–Trinajstić information content (AvgIpc) is 2.94. The van der Waals surface area contributed by atoms with Crippen LogP contribution in [0.1, 0.15) is 41.8 Å². The molecule has 0 radical (unpaired) electrons. The number of aromatic amines is 1. The Morgan fingerprint density at radius 3 is 3.05 bits per heavy atom. The lowest BCUT2D eigenvalue weighted by Gasteiger charge is -2.52. The van der Waals surface area contributed by atoms with Crippen molar-refractivity contribution in [2.45, 2.75) is 37.8 Å². The number of imidazole rings is 1. The van der Waals surface area contributed by atoms with Gasteiger partial charge in [-0.25, -0.2) is 4.98 Å². The number of benzene rings is 1. The average molecular weight is 278 g/mol. The number of nitrogens with zero attached hydrogens (tertiary/aromatic N) is 3. The van der Waals surface area contributed by atoms with E-state index in [2.05, 4.69) is 27.0 Å². The number of nitriles is 1. The third-order valence-corrected chi connectivity index (χ3v) is 5.01. The zero-order valence-corrected chi connectivity index (χ0v) is 12.0. The molecule has 1 aliphatic carbocycles. The molecule has 1 aromatic heterocycles. The molecular weight excluding hydrogens is 260 g/mol. The Morgan fingerprint density at radius 1 is 1.38 bits per heavy atom. The number of rotatable bonds is 2. The molecule has 1 saturated carbocycles. The van der Waals surface area contributed by atoms with Crippen LogP contribution in [0.4, 0.5) is 0 Å². The fourth-order valence-corrected chi connectivity index (χ4v) is 3.78. The number of aromatic nitrogens is 2. The molecule has 2 aromatic rings. The lowest BCUT2D eigenvalue weighted by molar-refractivity contribution is -0.00837. The molecule has 0 saturated heterocycles. The van der Waals surface area contributed by atoms with E-state index in [0.29, 0.717) is 0 Å². The predicted molar refractivity (Wildman–Crippen MR) is 79.4 cm³/mol. The van der Waals surface area contributed by atoms with Crippen LogP contribution in [0.3, 0.4) is 0 Å². The summed E-state index contributed by atoms with van der Waals surface area (Å²) in [7, 11) is 0. The first-order chi connectivity index (χ1) is 10.3. The summed E-state index contributed by atoms with van der Waals surface area (Å²) in [5.74, 6) is 0. The largest absolute Gasteiger partial charge is 0.348 e. The van der Waals surface area contributed by atoms with Crippen molar-refractivity contribution in [3.63, 3.8) is 0 Å². The number of H-pyrrole nitrogens is 1. The summed E-state index contributed by atoms with van der Waals surface area (Å²) in [5.41, 5.74) is 4.68. The van der Waals surface area contributed by atoms with Crippen molar-refractivity contribution in [2.75, 3.05) is 6.54 Å². The van der Waals surface area contributed by atoms with Gasteiger partial charge in [-0.2, -0.15) is 5.26 Å². The standard InChI is InChI=1S/C17H18N4/c18-10-13-3-1-4-14(9-13)11-21-8-5-15-16(20-12-19-15)17(21)6-2-7-17/h1,3-4,9,12H,2,5-8,11H2,(H,19,20). The van der Waals surface area contributed by atoms with Gasteiger partial charge in [-0.05, 0) is 37.0 Å². The molecule has 1 aliphatic heterocycles. The molecule has 0 unspecified atom stereocenters. The van der Waals surface area contributed by atoms with Crippen molar-refractivity contribution >= 4 is 0 Å². The number of nitrogens with one attached hydrogen (secondary N) is 1. The first kappa shape index (κ1) is 12.6. The molecule has 0 atom stereocenters. The molecule has 4 nitrogen and oxygen atoms in total. The van der Waals surface area contributed by atoms with E-state index in [9.17, 15) is 0 Å². The molecule has 1 fully saturated rings. The van der Waals surface area contributed by atoms with E-state index in [1.54, 1.807) is 0 Å². The van der Waals surface area contributed by atoms with E-state index >= 15 is 0 Å². The van der Waals surface area contributed by atoms with Crippen molar-refractivity contribution in [1.82, 2.24) is 14.9 Å². The second-order valence-electron chi connectivity index (χ2n) is 6.10. The van der Waals surface area contributed by atoms with Crippen LogP contribution in [0.15, 0.2) is 30.6 Å². The van der Waals surface area contributed by atoms with Crippen LogP contribution in [-0.2, 0) is 18.5 Å². The molecule has 4 rings (SSSR count). The first-order valence-corrected chi connectivity index (χ1v) is 7.59. The molecule has 2 aliphatic rings. The van der Waals surface area contributed by atoms with Crippen molar-refractivity contribution in [3.8, 4) is 6.07 Å². The predicted octanol–water partition coefficient (Wildman–Crippen LogP) is 2.72. The summed E-state index contributed by atoms with van der Waals surface area (Å²) in [5, 5.41) is 9.05. The van der Waals surface area contributed by atoms with Crippen molar-refractivity contribution in [2.24, 2.45) is 0 Å². The zero-order chi connectivity index (χ0) is 14.3. The second kappa shape index (κ2) is 4.71. The summed E-state index contributed by atoms with van der Waals surface area (Å²) in [4.78, 5) is 10.5. The quantitative estimate of drug-likeness (QED) is 0.919. The molecule has 106 valence electrons. The topological polar surface area (TPSA) is 55.7 Å². The number of fused-ring (bicyclic) bond motifs is 2. The van der Waals surface area contributed by atoms with Gasteiger partial charge < -0.3 is 4.98 Å². The normalized spacial score (nSPS) is 19.8. The summed E-state index contributed by atoms with van der Waals surface area (Å²) in [6, 6.07) is 10.2. The lowest BCUT2D eigenvalue weighted by Crippen LogP contribution is -2.54. The van der Waals surface area contributed by atoms with E-state index in [0.717, 1.165) is 25.1 Å². The van der Waals surface area contributed by atoms with E-state index < -0.39 is 0 Å². The Labute approximate surface area is 124 Å². The Hall–Kier alpha value is -2.12. The highest BCUT2D eigenvalue weighted by Crippen LogP contribution is 2.49. The van der Waals surface area contributed by atoms with Crippen LogP contribution >= 0.6 is 0 Å². The smallest absolute Gasteiger partial charge is 0.0991 e. The summed E-state index contributed by atoms with van der Waals surface area (Å²) in [6.07, 6.45) is 6.55. The Balaban J connectivity index is 1.65. The van der Waals surface area contributed by atoms with Crippen LogP contribution in [0.25, 0.3) is 0 Å². The van der Waals surface area contributed by atoms with Gasteiger partial charge in [-0.1, -0.05) is 12.1 Å². The van der Waals surface area contributed by atoms with E-state index in [4.69, 9.17) is 5.26 Å². The fraction of sp³-hybridized carbons (Fsp3) is 0.412. The van der Waals surface area contributed by atoms with Gasteiger partial charge >= 0.3 is 0 Å². The van der Waals surface area contributed by atoms with Crippen LogP contribution in [-0.4, -0.2) is 21.4 Å². The van der Waals surface area contributed by atoms with Gasteiger partial charge in [0.25, 0.3) is 0 Å². The van der Waals surface area contributed by atoms with Crippen LogP contribution in [0, 0.1) is 11.3 Å². The molecule has 21 heavy (non-hydrogen) atoms. The van der Waals surface area contributed by atoms with Crippen LogP contribution < -0.4 is 0 Å². The maximum atomic E-state index is 9.05. The van der Waals surface area contributed by atoms with Crippen LogP contribution in [0.2, 0.25) is 0 Å². The third-order valence-electron chi connectivity index (χ3n) is 5.01. The molecule has 1 spiro atoms. The lowest BCUT2D eigenvalue weighted by atomic mass is 9.70. The molecular formula is C17H18N4. The molecule has 2 heterocycles. The van der Waals surface area contributed by atoms with E-state index in [1.807, 2.05) is 24.5 Å².